The number of amides is 1. The quantitative estimate of drug-likeness (QED) is 0.631. The number of carbonyl (C=O) groups is 2. The van der Waals surface area contributed by atoms with Crippen molar-refractivity contribution in [1.82, 2.24) is 9.62 Å². The predicted octanol–water partition coefficient (Wildman–Crippen LogP) is -0.753. The summed E-state index contributed by atoms with van der Waals surface area (Å²) in [6, 6.07) is -1.10. The lowest BCUT2D eigenvalue weighted by Crippen LogP contribution is -2.44. The van der Waals surface area contributed by atoms with Crippen molar-refractivity contribution in [3.63, 3.8) is 0 Å². The van der Waals surface area contributed by atoms with E-state index in [2.05, 4.69) is 5.32 Å². The van der Waals surface area contributed by atoms with E-state index in [-0.39, 0.29) is 13.1 Å². The second-order valence-corrected chi connectivity index (χ2v) is 5.44. The van der Waals surface area contributed by atoms with Crippen molar-refractivity contribution in [2.45, 2.75) is 26.8 Å². The Morgan fingerprint density at radius 2 is 1.76 bits per heavy atom. The molecule has 0 aromatic carbocycles. The monoisotopic (exact) mass is 266 g/mol. The normalized spacial score (nSPS) is 13.4. The minimum absolute atomic E-state index is 0.278. The number of nitrogens with zero attached hydrogens (tertiary/aromatic N) is 1. The molecule has 0 bridgehead atoms. The highest BCUT2D eigenvalue weighted by Gasteiger charge is 2.24. The van der Waals surface area contributed by atoms with Crippen LogP contribution >= 0.6 is 0 Å². The van der Waals surface area contributed by atoms with Crippen LogP contribution in [0.1, 0.15) is 20.8 Å². The molecule has 0 fully saturated rings. The van der Waals surface area contributed by atoms with Crippen LogP contribution in [-0.2, 0) is 19.6 Å². The molecule has 7 nitrogen and oxygen atoms in total. The number of hydrogen-bond acceptors (Lipinski definition) is 4. The van der Waals surface area contributed by atoms with Gasteiger partial charge in [-0.3, -0.25) is 9.59 Å². The molecule has 1 atom stereocenters. The van der Waals surface area contributed by atoms with Gasteiger partial charge < -0.3 is 10.4 Å². The maximum Gasteiger partial charge on any atom is 0.325 e. The first-order valence-electron chi connectivity index (χ1n) is 5.24. The molecule has 0 aliphatic rings. The second-order valence-electron chi connectivity index (χ2n) is 3.47. The van der Waals surface area contributed by atoms with Crippen LogP contribution in [0.3, 0.4) is 0 Å². The van der Waals surface area contributed by atoms with Crippen LogP contribution in [0.25, 0.3) is 0 Å². The summed E-state index contributed by atoms with van der Waals surface area (Å²) in [5.74, 6) is -2.75. The summed E-state index contributed by atoms with van der Waals surface area (Å²) in [6.45, 7) is 5.16. The summed E-state index contributed by atoms with van der Waals surface area (Å²) in [5, 5.41) is 10.7. The minimum Gasteiger partial charge on any atom is -0.480 e. The molecule has 1 amide bonds. The summed E-state index contributed by atoms with van der Waals surface area (Å²) < 4.78 is 24.5. The van der Waals surface area contributed by atoms with Crippen molar-refractivity contribution < 1.29 is 23.1 Å². The lowest BCUT2D eigenvalue weighted by atomic mass is 10.3. The van der Waals surface area contributed by atoms with Crippen LogP contribution in [0.4, 0.5) is 0 Å². The van der Waals surface area contributed by atoms with Gasteiger partial charge in [0.15, 0.2) is 0 Å². The van der Waals surface area contributed by atoms with E-state index in [1.807, 2.05) is 0 Å². The number of aliphatic carboxylic acids is 1. The fourth-order valence-electron chi connectivity index (χ4n) is 1.22. The molecule has 100 valence electrons. The molecule has 0 heterocycles. The van der Waals surface area contributed by atoms with Crippen molar-refractivity contribution in [3.05, 3.63) is 0 Å². The van der Waals surface area contributed by atoms with Gasteiger partial charge in [0.2, 0.25) is 15.9 Å². The molecule has 0 aliphatic carbocycles. The molecule has 0 aromatic heterocycles. The van der Waals surface area contributed by atoms with Crippen molar-refractivity contribution in [2.24, 2.45) is 0 Å². The molecule has 1 unspecified atom stereocenters. The number of sulfonamides is 1. The average molecular weight is 266 g/mol. The molecule has 0 aliphatic heterocycles. The fraction of sp³-hybridized carbons (Fsp3) is 0.778. The van der Waals surface area contributed by atoms with E-state index in [1.165, 1.54) is 6.92 Å². The Labute approximate surface area is 101 Å². The summed E-state index contributed by atoms with van der Waals surface area (Å²) in [5.41, 5.74) is 0. The Morgan fingerprint density at radius 1 is 1.29 bits per heavy atom. The highest BCUT2D eigenvalue weighted by molar-refractivity contribution is 7.89. The molecule has 0 rings (SSSR count). The van der Waals surface area contributed by atoms with Gasteiger partial charge in [-0.05, 0) is 6.92 Å². The maximum absolute atomic E-state index is 11.7. The number of carboxylic acid groups (broad SMARTS) is 1. The summed E-state index contributed by atoms with van der Waals surface area (Å²) >= 11 is 0. The average Bonchev–Trinajstić information content (AvgIpc) is 2.17. The summed E-state index contributed by atoms with van der Waals surface area (Å²) in [6.07, 6.45) is 0. The van der Waals surface area contributed by atoms with E-state index in [4.69, 9.17) is 5.11 Å². The van der Waals surface area contributed by atoms with E-state index in [0.717, 1.165) is 4.31 Å². The molecular formula is C9H18N2O5S. The van der Waals surface area contributed by atoms with Crippen LogP contribution in [-0.4, -0.2) is 54.6 Å². The topological polar surface area (TPSA) is 104 Å². The lowest BCUT2D eigenvalue weighted by Gasteiger charge is -2.18. The largest absolute Gasteiger partial charge is 0.480 e. The zero-order valence-electron chi connectivity index (χ0n) is 10.1. The van der Waals surface area contributed by atoms with Crippen LogP contribution in [0, 0.1) is 0 Å². The van der Waals surface area contributed by atoms with Crippen LogP contribution in [0.15, 0.2) is 0 Å². The molecule has 8 heteroatoms. The smallest absolute Gasteiger partial charge is 0.325 e. The highest BCUT2D eigenvalue weighted by Crippen LogP contribution is 2.00. The Bertz CT molecular complexity index is 375. The first-order valence-corrected chi connectivity index (χ1v) is 6.85. The zero-order valence-corrected chi connectivity index (χ0v) is 11.0. The van der Waals surface area contributed by atoms with E-state index < -0.39 is 33.7 Å². The van der Waals surface area contributed by atoms with E-state index in [1.54, 1.807) is 13.8 Å². The Morgan fingerprint density at radius 3 is 2.12 bits per heavy atom. The van der Waals surface area contributed by atoms with Crippen LogP contribution in [0.2, 0.25) is 0 Å². The molecule has 0 spiro atoms. The van der Waals surface area contributed by atoms with Gasteiger partial charge in [0.1, 0.15) is 11.8 Å². The molecule has 0 aromatic rings. The first-order chi connectivity index (χ1) is 7.74. The first kappa shape index (κ1) is 15.9. The Hall–Kier alpha value is -1.15. The minimum atomic E-state index is -3.66. The Kier molecular flexibility index (Phi) is 6.11. The van der Waals surface area contributed by atoms with Gasteiger partial charge in [0.05, 0.1) is 0 Å². The van der Waals surface area contributed by atoms with Crippen molar-refractivity contribution in [3.8, 4) is 0 Å². The summed E-state index contributed by atoms with van der Waals surface area (Å²) in [4.78, 5) is 21.8. The molecular weight excluding hydrogens is 248 g/mol. The third kappa shape index (κ3) is 5.14. The highest BCUT2D eigenvalue weighted by atomic mass is 32.2. The number of carboxylic acids is 1. The van der Waals surface area contributed by atoms with Gasteiger partial charge in [0.25, 0.3) is 0 Å². The van der Waals surface area contributed by atoms with Gasteiger partial charge >= 0.3 is 5.97 Å². The number of carbonyl (C=O) groups excluding carboxylic acids is 1. The molecule has 0 saturated heterocycles. The number of hydrogen-bond donors (Lipinski definition) is 2. The third-order valence-corrected chi connectivity index (χ3v) is 4.09. The van der Waals surface area contributed by atoms with Crippen LogP contribution < -0.4 is 5.32 Å². The lowest BCUT2D eigenvalue weighted by molar-refractivity contribution is -0.140. The van der Waals surface area contributed by atoms with Crippen molar-refractivity contribution in [1.29, 1.82) is 0 Å². The predicted molar refractivity (Wildman–Crippen MR) is 61.9 cm³/mol. The third-order valence-electron chi connectivity index (χ3n) is 2.16. The van der Waals surface area contributed by atoms with Gasteiger partial charge in [-0.15, -0.1) is 0 Å². The van der Waals surface area contributed by atoms with E-state index in [0.29, 0.717) is 0 Å². The standard InChI is InChI=1S/C9H18N2O5S/c1-4-11(5-2)17(15,16)6-8(12)10-7(3)9(13)14/h7H,4-6H2,1-3H3,(H,10,12)(H,13,14). The zero-order chi connectivity index (χ0) is 13.6. The maximum atomic E-state index is 11.7. The van der Waals surface area contributed by atoms with Crippen molar-refractivity contribution in [2.75, 3.05) is 18.8 Å². The van der Waals surface area contributed by atoms with Gasteiger partial charge in [0, 0.05) is 13.1 Å². The Balaban J connectivity index is 4.53. The van der Waals surface area contributed by atoms with Gasteiger partial charge in [-0.2, -0.15) is 0 Å². The fourth-order valence-corrected chi connectivity index (χ4v) is 2.60. The SMILES string of the molecule is CCN(CC)S(=O)(=O)CC(=O)NC(C)C(=O)O. The molecule has 17 heavy (non-hydrogen) atoms. The molecule has 0 saturated carbocycles. The number of rotatable bonds is 7. The van der Waals surface area contributed by atoms with Crippen molar-refractivity contribution >= 4 is 21.9 Å². The second kappa shape index (κ2) is 6.55. The molecule has 0 radical (unpaired) electrons. The molecule has 2 N–H and O–H groups in total. The van der Waals surface area contributed by atoms with E-state index in [9.17, 15) is 18.0 Å². The number of nitrogens with one attached hydrogen (secondary N) is 1. The van der Waals surface area contributed by atoms with E-state index >= 15 is 0 Å². The summed E-state index contributed by atoms with van der Waals surface area (Å²) in [7, 11) is -3.66. The van der Waals surface area contributed by atoms with Crippen LogP contribution in [0.5, 0.6) is 0 Å². The van der Waals surface area contributed by atoms with Gasteiger partial charge in [-0.25, -0.2) is 12.7 Å². The van der Waals surface area contributed by atoms with Gasteiger partial charge in [-0.1, -0.05) is 13.8 Å².